The topological polar surface area (TPSA) is 137 Å². The molecule has 1 saturated carbocycles. The molecule has 2 aromatic heterocycles. The van der Waals surface area contributed by atoms with E-state index in [-0.39, 0.29) is 22.2 Å². The number of alkyl halides is 3. The SMILES string of the molecule is COc1ccc(-c2sc(NC(=O)CC3CCCC3)nc2C)cc1S(=O)(=O)Nc1cnc(Cl)c(OC(=O)C(F)(F)F)c1. The Morgan fingerprint density at radius 3 is 2.54 bits per heavy atom. The molecule has 1 aliphatic rings. The maximum absolute atomic E-state index is 13.3. The van der Waals surface area contributed by atoms with E-state index in [9.17, 15) is 31.2 Å². The molecule has 3 aromatic rings. The predicted molar refractivity (Wildman–Crippen MR) is 146 cm³/mol. The minimum absolute atomic E-state index is 0.0286. The summed E-state index contributed by atoms with van der Waals surface area (Å²) >= 11 is 6.90. The summed E-state index contributed by atoms with van der Waals surface area (Å²) in [5.41, 5.74) is 0.699. The molecule has 1 fully saturated rings. The second-order valence-electron chi connectivity index (χ2n) is 9.21. The van der Waals surface area contributed by atoms with Crippen LogP contribution < -0.4 is 19.5 Å². The summed E-state index contributed by atoms with van der Waals surface area (Å²) in [4.78, 5) is 32.0. The fourth-order valence-corrected chi connectivity index (χ4v) is 6.67. The predicted octanol–water partition coefficient (Wildman–Crippen LogP) is 5.96. The van der Waals surface area contributed by atoms with Gasteiger partial charge < -0.3 is 14.8 Å². The standard InChI is InChI=1S/C25H24ClF3N4O6S2/c1-13-21(40-24(31-13)32-20(34)9-14-5-3-4-6-14)15-7-8-17(38-2)19(10-15)41(36,37)33-16-11-18(22(26)30-12-16)39-23(35)25(27,28)29/h7-8,10-12,14,33H,3-6,9H2,1-2H3,(H,31,32,34). The van der Waals surface area contributed by atoms with E-state index in [0.717, 1.165) is 37.9 Å². The number of amides is 1. The van der Waals surface area contributed by atoms with Gasteiger partial charge in [0, 0.05) is 12.5 Å². The number of halogens is 4. The lowest BCUT2D eigenvalue weighted by Crippen LogP contribution is -2.28. The second-order valence-corrected chi connectivity index (χ2v) is 12.2. The first kappa shape index (κ1) is 30.5. The quantitative estimate of drug-likeness (QED) is 0.218. The molecule has 220 valence electrons. The molecule has 4 rings (SSSR count). The Balaban J connectivity index is 1.58. The molecular weight excluding hydrogens is 609 g/mol. The van der Waals surface area contributed by atoms with Gasteiger partial charge >= 0.3 is 12.1 Å². The van der Waals surface area contributed by atoms with E-state index in [1.807, 2.05) is 0 Å². The zero-order valence-corrected chi connectivity index (χ0v) is 24.1. The molecule has 1 aromatic carbocycles. The molecule has 2 N–H and O–H groups in total. The van der Waals surface area contributed by atoms with Gasteiger partial charge in [-0.3, -0.25) is 9.52 Å². The minimum Gasteiger partial charge on any atom is -0.495 e. The number of carbonyl (C=O) groups is 2. The normalized spacial score (nSPS) is 14.1. The number of hydrogen-bond acceptors (Lipinski definition) is 9. The molecule has 0 saturated heterocycles. The molecule has 0 bridgehead atoms. The van der Waals surface area contributed by atoms with Crippen molar-refractivity contribution in [1.82, 2.24) is 9.97 Å². The van der Waals surface area contributed by atoms with Gasteiger partial charge in [0.1, 0.15) is 10.6 Å². The highest BCUT2D eigenvalue weighted by molar-refractivity contribution is 7.92. The van der Waals surface area contributed by atoms with E-state index in [4.69, 9.17) is 16.3 Å². The summed E-state index contributed by atoms with van der Waals surface area (Å²) < 4.78 is 76.1. The third-order valence-corrected chi connectivity index (χ3v) is 9.01. The number of methoxy groups -OCH3 is 1. The Kier molecular flexibility index (Phi) is 9.09. The van der Waals surface area contributed by atoms with Gasteiger partial charge in [0.2, 0.25) is 5.91 Å². The Labute approximate surface area is 242 Å². The maximum atomic E-state index is 13.3. The first-order valence-corrected chi connectivity index (χ1v) is 14.9. The highest BCUT2D eigenvalue weighted by Gasteiger charge is 2.42. The lowest BCUT2D eigenvalue weighted by molar-refractivity contribution is -0.189. The van der Waals surface area contributed by atoms with Crippen LogP contribution in [-0.2, 0) is 19.6 Å². The molecular formula is C25H24ClF3N4O6S2. The number of anilines is 2. The van der Waals surface area contributed by atoms with Crippen molar-refractivity contribution in [2.45, 2.75) is 50.1 Å². The Morgan fingerprint density at radius 1 is 1.17 bits per heavy atom. The van der Waals surface area contributed by atoms with Crippen molar-refractivity contribution in [3.05, 3.63) is 41.3 Å². The molecule has 0 aliphatic heterocycles. The molecule has 41 heavy (non-hydrogen) atoms. The van der Waals surface area contributed by atoms with Gasteiger partial charge in [-0.1, -0.05) is 35.8 Å². The highest BCUT2D eigenvalue weighted by atomic mass is 35.5. The van der Waals surface area contributed by atoms with E-state index >= 15 is 0 Å². The molecule has 10 nitrogen and oxygen atoms in total. The third-order valence-electron chi connectivity index (χ3n) is 6.20. The minimum atomic E-state index is -5.31. The summed E-state index contributed by atoms with van der Waals surface area (Å²) in [6.45, 7) is 1.72. The van der Waals surface area contributed by atoms with Crippen LogP contribution in [-0.4, -0.2) is 43.5 Å². The number of hydrogen-bond donors (Lipinski definition) is 2. The highest BCUT2D eigenvalue weighted by Crippen LogP contribution is 2.38. The number of ether oxygens (including phenoxy) is 2. The Hall–Kier alpha value is -3.43. The van der Waals surface area contributed by atoms with Crippen LogP contribution in [0, 0.1) is 12.8 Å². The van der Waals surface area contributed by atoms with Crippen LogP contribution in [0.4, 0.5) is 24.0 Å². The number of esters is 1. The average molecular weight is 633 g/mol. The van der Waals surface area contributed by atoms with Crippen LogP contribution in [0.25, 0.3) is 10.4 Å². The first-order valence-electron chi connectivity index (χ1n) is 12.2. The number of nitrogens with zero attached hydrogens (tertiary/aromatic N) is 2. The monoisotopic (exact) mass is 632 g/mol. The molecule has 0 spiro atoms. The van der Waals surface area contributed by atoms with Crippen molar-refractivity contribution in [3.8, 4) is 21.9 Å². The van der Waals surface area contributed by atoms with Gasteiger partial charge in [-0.05, 0) is 49.4 Å². The summed E-state index contributed by atoms with van der Waals surface area (Å²) in [6, 6.07) is 5.18. The van der Waals surface area contributed by atoms with Crippen molar-refractivity contribution < 1.29 is 40.7 Å². The molecule has 1 amide bonds. The van der Waals surface area contributed by atoms with E-state index < -0.39 is 33.1 Å². The maximum Gasteiger partial charge on any atom is 0.491 e. The first-order chi connectivity index (χ1) is 19.3. The second kappa shape index (κ2) is 12.2. The number of thiazole rings is 1. The van der Waals surface area contributed by atoms with E-state index in [1.54, 1.807) is 13.0 Å². The number of sulfonamides is 1. The molecule has 0 unspecified atom stereocenters. The van der Waals surface area contributed by atoms with Crippen LogP contribution in [0.2, 0.25) is 5.15 Å². The number of nitrogens with one attached hydrogen (secondary N) is 2. The molecule has 0 atom stereocenters. The smallest absolute Gasteiger partial charge is 0.491 e. The largest absolute Gasteiger partial charge is 0.495 e. The Bertz CT molecular complexity index is 1570. The summed E-state index contributed by atoms with van der Waals surface area (Å²) in [5, 5.41) is 2.62. The lowest BCUT2D eigenvalue weighted by atomic mass is 10.0. The number of rotatable bonds is 9. The number of aryl methyl sites for hydroxylation is 1. The van der Waals surface area contributed by atoms with Crippen molar-refractivity contribution >= 4 is 55.7 Å². The molecule has 1 aliphatic carbocycles. The third kappa shape index (κ3) is 7.45. The van der Waals surface area contributed by atoms with E-state index in [2.05, 4.69) is 24.7 Å². The fourth-order valence-electron chi connectivity index (χ4n) is 4.32. The average Bonchev–Trinajstić information content (AvgIpc) is 3.54. The molecule has 0 radical (unpaired) electrons. The zero-order chi connectivity index (χ0) is 29.9. The van der Waals surface area contributed by atoms with Crippen LogP contribution in [0.1, 0.15) is 37.8 Å². The van der Waals surface area contributed by atoms with Crippen LogP contribution in [0.3, 0.4) is 0 Å². The summed E-state index contributed by atoms with van der Waals surface area (Å²) in [5.74, 6) is -3.14. The van der Waals surface area contributed by atoms with Crippen molar-refractivity contribution in [1.29, 1.82) is 0 Å². The Morgan fingerprint density at radius 2 is 1.88 bits per heavy atom. The van der Waals surface area contributed by atoms with E-state index in [0.29, 0.717) is 33.6 Å². The fraction of sp³-hybridized carbons (Fsp3) is 0.360. The van der Waals surface area contributed by atoms with Crippen molar-refractivity contribution in [2.24, 2.45) is 5.92 Å². The van der Waals surface area contributed by atoms with E-state index in [1.165, 1.54) is 30.6 Å². The number of aromatic nitrogens is 2. The van der Waals surface area contributed by atoms with Crippen LogP contribution in [0.15, 0.2) is 35.4 Å². The van der Waals surface area contributed by atoms with Crippen molar-refractivity contribution in [3.63, 3.8) is 0 Å². The van der Waals surface area contributed by atoms with Crippen LogP contribution in [0.5, 0.6) is 11.5 Å². The summed E-state index contributed by atoms with van der Waals surface area (Å²) in [6.07, 6.45) is 0.350. The lowest BCUT2D eigenvalue weighted by Gasteiger charge is -2.14. The number of pyridine rings is 1. The van der Waals surface area contributed by atoms with Gasteiger partial charge in [-0.2, -0.15) is 13.2 Å². The molecule has 16 heteroatoms. The number of carbonyl (C=O) groups excluding carboxylic acids is 2. The van der Waals surface area contributed by atoms with Gasteiger partial charge in [0.15, 0.2) is 16.0 Å². The summed E-state index contributed by atoms with van der Waals surface area (Å²) in [7, 11) is -3.15. The van der Waals surface area contributed by atoms with Gasteiger partial charge in [-0.25, -0.2) is 23.2 Å². The van der Waals surface area contributed by atoms with Gasteiger partial charge in [-0.15, -0.1) is 0 Å². The van der Waals surface area contributed by atoms with Crippen LogP contribution >= 0.6 is 22.9 Å². The van der Waals surface area contributed by atoms with Gasteiger partial charge in [0.25, 0.3) is 10.0 Å². The van der Waals surface area contributed by atoms with Crippen molar-refractivity contribution in [2.75, 3.05) is 17.1 Å². The van der Waals surface area contributed by atoms with Gasteiger partial charge in [0.05, 0.1) is 29.6 Å². The molecule has 2 heterocycles. The number of benzene rings is 1. The zero-order valence-electron chi connectivity index (χ0n) is 21.7.